The van der Waals surface area contributed by atoms with Crippen LogP contribution in [0, 0.1) is 0 Å². The van der Waals surface area contributed by atoms with Gasteiger partial charge in [0.05, 0.1) is 6.04 Å². The van der Waals surface area contributed by atoms with Crippen molar-refractivity contribution in [1.82, 2.24) is 9.47 Å². The van der Waals surface area contributed by atoms with Crippen LogP contribution in [0.15, 0.2) is 72.9 Å². The van der Waals surface area contributed by atoms with Crippen molar-refractivity contribution in [2.45, 2.75) is 58.2 Å². The lowest BCUT2D eigenvalue weighted by Gasteiger charge is -2.31. The van der Waals surface area contributed by atoms with Crippen LogP contribution in [-0.4, -0.2) is 21.9 Å². The number of hydrogen-bond donors (Lipinski definition) is 0. The predicted molar refractivity (Wildman–Crippen MR) is 124 cm³/mol. The van der Waals surface area contributed by atoms with Crippen LogP contribution >= 0.6 is 0 Å². The Morgan fingerprint density at radius 3 is 2.55 bits per heavy atom. The molecular weight excluding hydrogens is 384 g/mol. The summed E-state index contributed by atoms with van der Waals surface area (Å²) in [5.41, 5.74) is 3.48. The van der Waals surface area contributed by atoms with Crippen LogP contribution in [0.25, 0.3) is 0 Å². The molecule has 0 N–H and O–H groups in total. The highest BCUT2D eigenvalue weighted by atomic mass is 16.5. The summed E-state index contributed by atoms with van der Waals surface area (Å²) < 4.78 is 8.26. The van der Waals surface area contributed by atoms with Crippen molar-refractivity contribution in [1.29, 1.82) is 0 Å². The third-order valence-corrected chi connectivity index (χ3v) is 6.01. The van der Waals surface area contributed by atoms with Crippen molar-refractivity contribution in [2.24, 2.45) is 0 Å². The molecular formula is C27H32N2O2. The van der Waals surface area contributed by atoms with Crippen LogP contribution in [0.2, 0.25) is 0 Å². The van der Waals surface area contributed by atoms with Gasteiger partial charge in [0.1, 0.15) is 12.4 Å². The van der Waals surface area contributed by atoms with E-state index in [1.807, 2.05) is 30.3 Å². The maximum Gasteiger partial charge on any atom is 0.223 e. The number of fused-ring (bicyclic) bond motifs is 1. The molecule has 1 atom stereocenters. The topological polar surface area (TPSA) is 34.5 Å². The van der Waals surface area contributed by atoms with Gasteiger partial charge in [0.15, 0.2) is 0 Å². The molecule has 2 aromatic carbocycles. The third kappa shape index (κ3) is 5.19. The minimum atomic E-state index is -0.0465. The molecule has 4 nitrogen and oxygen atoms in total. The molecule has 0 spiro atoms. The van der Waals surface area contributed by atoms with E-state index in [-0.39, 0.29) is 11.9 Å². The Kier molecular flexibility index (Phi) is 7.08. The van der Waals surface area contributed by atoms with Gasteiger partial charge in [0, 0.05) is 31.4 Å². The lowest BCUT2D eigenvalue weighted by Crippen LogP contribution is -2.35. The van der Waals surface area contributed by atoms with E-state index in [1.54, 1.807) is 0 Å². The van der Waals surface area contributed by atoms with Crippen molar-refractivity contribution in [3.05, 3.63) is 89.7 Å². The minimum absolute atomic E-state index is 0.0465. The molecule has 0 bridgehead atoms. The van der Waals surface area contributed by atoms with E-state index in [1.165, 1.54) is 5.69 Å². The molecule has 31 heavy (non-hydrogen) atoms. The number of ether oxygens (including phenoxy) is 1. The molecule has 0 aliphatic carbocycles. The van der Waals surface area contributed by atoms with Crippen molar-refractivity contribution in [3.63, 3.8) is 0 Å². The molecule has 1 amide bonds. The first kappa shape index (κ1) is 21.2. The highest BCUT2D eigenvalue weighted by Crippen LogP contribution is 2.33. The van der Waals surface area contributed by atoms with E-state index in [0.29, 0.717) is 13.0 Å². The van der Waals surface area contributed by atoms with E-state index in [2.05, 4.69) is 59.0 Å². The number of nitrogens with zero attached hydrogens (tertiary/aromatic N) is 2. The van der Waals surface area contributed by atoms with Gasteiger partial charge in [-0.25, -0.2) is 0 Å². The molecule has 4 heteroatoms. The lowest BCUT2D eigenvalue weighted by atomic mass is 10.0. The fourth-order valence-electron chi connectivity index (χ4n) is 4.36. The zero-order valence-electron chi connectivity index (χ0n) is 18.4. The minimum Gasteiger partial charge on any atom is -0.489 e. The molecule has 3 aromatic rings. The van der Waals surface area contributed by atoms with Crippen LogP contribution in [0.5, 0.6) is 5.75 Å². The maximum absolute atomic E-state index is 13.2. The molecule has 2 heterocycles. The van der Waals surface area contributed by atoms with Gasteiger partial charge in [-0.15, -0.1) is 0 Å². The Hall–Kier alpha value is -3.01. The van der Waals surface area contributed by atoms with Crippen LogP contribution in [0.3, 0.4) is 0 Å². The molecule has 0 saturated heterocycles. The fourth-order valence-corrected chi connectivity index (χ4v) is 4.36. The second kappa shape index (κ2) is 10.3. The predicted octanol–water partition coefficient (Wildman–Crippen LogP) is 5.97. The quantitative estimate of drug-likeness (QED) is 0.424. The first-order valence-corrected chi connectivity index (χ1v) is 11.5. The number of hydrogen-bond acceptors (Lipinski definition) is 2. The van der Waals surface area contributed by atoms with Crippen molar-refractivity contribution >= 4 is 5.91 Å². The average molecular weight is 417 g/mol. The lowest BCUT2D eigenvalue weighted by molar-refractivity contribution is -0.133. The Labute approximate surface area is 185 Å². The highest BCUT2D eigenvalue weighted by molar-refractivity contribution is 5.77. The van der Waals surface area contributed by atoms with Crippen molar-refractivity contribution in [2.75, 3.05) is 6.54 Å². The van der Waals surface area contributed by atoms with E-state index in [9.17, 15) is 4.79 Å². The highest BCUT2D eigenvalue weighted by Gasteiger charge is 2.30. The molecule has 0 radical (unpaired) electrons. The maximum atomic E-state index is 13.2. The SMILES string of the molecule is CCCCCC(=O)N1CCCn2cccc2[C@@H]1c1ccc(OCc2ccccc2)cc1. The van der Waals surface area contributed by atoms with Crippen LogP contribution < -0.4 is 4.74 Å². The summed E-state index contributed by atoms with van der Waals surface area (Å²) in [4.78, 5) is 15.3. The van der Waals surface area contributed by atoms with E-state index < -0.39 is 0 Å². The van der Waals surface area contributed by atoms with Crippen molar-refractivity contribution in [3.8, 4) is 5.75 Å². The van der Waals surface area contributed by atoms with Crippen LogP contribution in [0.1, 0.15) is 61.9 Å². The van der Waals surface area contributed by atoms with Crippen LogP contribution in [0.4, 0.5) is 0 Å². The summed E-state index contributed by atoms with van der Waals surface area (Å²) in [5, 5.41) is 0. The van der Waals surface area contributed by atoms with Gasteiger partial charge in [0.25, 0.3) is 0 Å². The largest absolute Gasteiger partial charge is 0.489 e. The molecule has 1 aromatic heterocycles. The number of amides is 1. The number of rotatable bonds is 8. The number of carbonyl (C=O) groups excluding carboxylic acids is 1. The van der Waals surface area contributed by atoms with Gasteiger partial charge in [-0.2, -0.15) is 0 Å². The molecule has 0 saturated carbocycles. The van der Waals surface area contributed by atoms with Crippen molar-refractivity contribution < 1.29 is 9.53 Å². The smallest absolute Gasteiger partial charge is 0.223 e. The standard InChI is InChI=1S/C27H32N2O2/c1-2-3-5-13-26(30)29-20-9-19-28-18-8-12-25(28)27(29)23-14-16-24(17-15-23)31-21-22-10-6-4-7-11-22/h4,6-8,10-12,14-18,27H,2-3,5,9,13,19-21H2,1H3/t27-/m0/s1. The second-order valence-corrected chi connectivity index (χ2v) is 8.27. The Balaban J connectivity index is 1.54. The summed E-state index contributed by atoms with van der Waals surface area (Å²) in [7, 11) is 0. The zero-order chi connectivity index (χ0) is 21.5. The van der Waals surface area contributed by atoms with Gasteiger partial charge in [-0.3, -0.25) is 4.79 Å². The Morgan fingerprint density at radius 2 is 1.77 bits per heavy atom. The number of aromatic nitrogens is 1. The van der Waals surface area contributed by atoms with Gasteiger partial charge in [0.2, 0.25) is 5.91 Å². The fraction of sp³-hybridized carbons (Fsp3) is 0.370. The van der Waals surface area contributed by atoms with Gasteiger partial charge in [-0.1, -0.05) is 62.2 Å². The van der Waals surface area contributed by atoms with Gasteiger partial charge < -0.3 is 14.2 Å². The van der Waals surface area contributed by atoms with E-state index >= 15 is 0 Å². The molecule has 1 aliphatic heterocycles. The molecule has 1 aliphatic rings. The number of unbranched alkanes of at least 4 members (excludes halogenated alkanes) is 2. The summed E-state index contributed by atoms with van der Waals surface area (Å²) >= 11 is 0. The first-order valence-electron chi connectivity index (χ1n) is 11.5. The summed E-state index contributed by atoms with van der Waals surface area (Å²) in [5.74, 6) is 1.11. The Bertz CT molecular complexity index is 962. The second-order valence-electron chi connectivity index (χ2n) is 8.27. The monoisotopic (exact) mass is 416 g/mol. The summed E-state index contributed by atoms with van der Waals surface area (Å²) in [6.07, 6.45) is 6.94. The normalized spacial score (nSPS) is 15.9. The van der Waals surface area contributed by atoms with E-state index in [0.717, 1.165) is 55.6 Å². The molecule has 162 valence electrons. The number of aryl methyl sites for hydroxylation is 1. The molecule has 0 fully saturated rings. The number of carbonyl (C=O) groups is 1. The molecule has 0 unspecified atom stereocenters. The van der Waals surface area contributed by atoms with Crippen LogP contribution in [-0.2, 0) is 17.9 Å². The molecule has 4 rings (SSSR count). The average Bonchev–Trinajstić information content (AvgIpc) is 3.19. The van der Waals surface area contributed by atoms with E-state index in [4.69, 9.17) is 4.74 Å². The zero-order valence-corrected chi connectivity index (χ0v) is 18.4. The third-order valence-electron chi connectivity index (χ3n) is 6.01. The first-order chi connectivity index (χ1) is 15.3. The Morgan fingerprint density at radius 1 is 0.968 bits per heavy atom. The van der Waals surface area contributed by atoms with Gasteiger partial charge in [-0.05, 0) is 48.2 Å². The number of benzene rings is 2. The summed E-state index contributed by atoms with van der Waals surface area (Å²) in [6, 6.07) is 22.7. The van der Waals surface area contributed by atoms with Gasteiger partial charge >= 0.3 is 0 Å². The summed E-state index contributed by atoms with van der Waals surface area (Å²) in [6.45, 7) is 4.47.